The maximum absolute atomic E-state index is 6.02. The van der Waals surface area contributed by atoms with Crippen LogP contribution in [0.3, 0.4) is 0 Å². The number of hydrogen-bond donors (Lipinski definition) is 0. The van der Waals surface area contributed by atoms with E-state index in [-0.39, 0.29) is 0 Å². The number of methoxy groups -OCH3 is 1. The van der Waals surface area contributed by atoms with Crippen molar-refractivity contribution >= 4 is 0 Å². The first kappa shape index (κ1) is 15.3. The molecular formula is C17H33NO. The Bertz CT molecular complexity index is 242. The highest BCUT2D eigenvalue weighted by Crippen LogP contribution is 2.36. The largest absolute Gasteiger partial charge is 0.380 e. The fraction of sp³-hybridized carbons (Fsp3) is 1.00. The van der Waals surface area contributed by atoms with Crippen molar-refractivity contribution in [1.29, 1.82) is 0 Å². The van der Waals surface area contributed by atoms with Crippen molar-refractivity contribution in [1.82, 2.24) is 4.90 Å². The van der Waals surface area contributed by atoms with E-state index in [4.69, 9.17) is 4.74 Å². The summed E-state index contributed by atoms with van der Waals surface area (Å²) in [6, 6.07) is 0.633. The molecule has 2 fully saturated rings. The van der Waals surface area contributed by atoms with E-state index in [2.05, 4.69) is 19.0 Å². The lowest BCUT2D eigenvalue weighted by Gasteiger charge is -2.43. The van der Waals surface area contributed by atoms with E-state index in [0.717, 1.165) is 11.8 Å². The minimum absolute atomic E-state index is 0.457. The summed E-state index contributed by atoms with van der Waals surface area (Å²) < 4.78 is 6.02. The van der Waals surface area contributed by atoms with E-state index in [9.17, 15) is 0 Å². The molecule has 0 spiro atoms. The van der Waals surface area contributed by atoms with Crippen LogP contribution in [0.2, 0.25) is 0 Å². The Kier molecular flexibility index (Phi) is 6.15. The van der Waals surface area contributed by atoms with E-state index in [1.165, 1.54) is 64.2 Å². The molecule has 0 radical (unpaired) electrons. The van der Waals surface area contributed by atoms with Crippen LogP contribution in [-0.4, -0.2) is 38.3 Å². The van der Waals surface area contributed by atoms with Gasteiger partial charge < -0.3 is 9.64 Å². The monoisotopic (exact) mass is 267 g/mol. The van der Waals surface area contributed by atoms with Crippen LogP contribution >= 0.6 is 0 Å². The summed E-state index contributed by atoms with van der Waals surface area (Å²) in [5.74, 6) is 1.66. The van der Waals surface area contributed by atoms with E-state index in [1.54, 1.807) is 0 Å². The Labute approximate surface area is 119 Å². The summed E-state index contributed by atoms with van der Waals surface area (Å²) in [5, 5.41) is 0. The van der Waals surface area contributed by atoms with Gasteiger partial charge in [-0.05, 0) is 51.6 Å². The van der Waals surface area contributed by atoms with Gasteiger partial charge in [0.05, 0.1) is 6.10 Å². The van der Waals surface area contributed by atoms with Gasteiger partial charge in [0.25, 0.3) is 0 Å². The van der Waals surface area contributed by atoms with Crippen LogP contribution in [0.5, 0.6) is 0 Å². The SMILES string of the molecule is CO[C@H](C1CCCCC1)[C@@H](C1CCCCC1)N(C)C. The average molecular weight is 267 g/mol. The quantitative estimate of drug-likeness (QED) is 0.744. The van der Waals surface area contributed by atoms with E-state index in [0.29, 0.717) is 12.1 Å². The van der Waals surface area contributed by atoms with Crippen LogP contribution in [0.15, 0.2) is 0 Å². The average Bonchev–Trinajstić information content (AvgIpc) is 2.46. The minimum Gasteiger partial charge on any atom is -0.380 e. The fourth-order valence-electron chi connectivity index (χ4n) is 4.53. The minimum atomic E-state index is 0.457. The summed E-state index contributed by atoms with van der Waals surface area (Å²) >= 11 is 0. The van der Waals surface area contributed by atoms with Crippen molar-refractivity contribution in [2.45, 2.75) is 76.4 Å². The molecule has 2 atom stereocenters. The van der Waals surface area contributed by atoms with Gasteiger partial charge in [0.2, 0.25) is 0 Å². The standard InChI is InChI=1S/C17H33NO/c1-18(2)16(14-10-6-4-7-11-14)17(19-3)15-12-8-5-9-13-15/h14-17H,4-13H2,1-3H3/t16-,17-/m1/s1. The number of ether oxygens (including phenoxy) is 1. The summed E-state index contributed by atoms with van der Waals surface area (Å²) in [4.78, 5) is 2.46. The lowest BCUT2D eigenvalue weighted by atomic mass is 9.75. The summed E-state index contributed by atoms with van der Waals surface area (Å²) in [7, 11) is 6.46. The molecule has 0 aromatic carbocycles. The lowest BCUT2D eigenvalue weighted by Crippen LogP contribution is -2.49. The molecule has 2 nitrogen and oxygen atoms in total. The van der Waals surface area contributed by atoms with Gasteiger partial charge >= 0.3 is 0 Å². The molecule has 0 bridgehead atoms. The molecular weight excluding hydrogens is 234 g/mol. The van der Waals surface area contributed by atoms with Crippen molar-refractivity contribution < 1.29 is 4.74 Å². The first-order valence-electron chi connectivity index (χ1n) is 8.43. The second kappa shape index (κ2) is 7.64. The molecule has 2 heteroatoms. The number of hydrogen-bond acceptors (Lipinski definition) is 2. The first-order chi connectivity index (χ1) is 9.24. The van der Waals surface area contributed by atoms with Crippen molar-refractivity contribution in [3.63, 3.8) is 0 Å². The van der Waals surface area contributed by atoms with E-state index >= 15 is 0 Å². The third-order valence-electron chi connectivity index (χ3n) is 5.45. The van der Waals surface area contributed by atoms with Gasteiger partial charge in [-0.15, -0.1) is 0 Å². The third kappa shape index (κ3) is 3.95. The van der Waals surface area contributed by atoms with Crippen LogP contribution < -0.4 is 0 Å². The smallest absolute Gasteiger partial charge is 0.0756 e. The molecule has 2 aliphatic rings. The van der Waals surface area contributed by atoms with E-state index < -0.39 is 0 Å². The highest BCUT2D eigenvalue weighted by atomic mass is 16.5. The van der Waals surface area contributed by atoms with Gasteiger partial charge in [0.1, 0.15) is 0 Å². The Balaban J connectivity index is 2.05. The predicted molar refractivity (Wildman–Crippen MR) is 81.4 cm³/mol. The van der Waals surface area contributed by atoms with Gasteiger partial charge in [-0.2, -0.15) is 0 Å². The molecule has 2 aliphatic carbocycles. The van der Waals surface area contributed by atoms with Gasteiger partial charge in [-0.25, -0.2) is 0 Å². The van der Waals surface area contributed by atoms with Crippen molar-refractivity contribution in [3.05, 3.63) is 0 Å². The van der Waals surface area contributed by atoms with Crippen molar-refractivity contribution in [3.8, 4) is 0 Å². The molecule has 2 saturated carbocycles. The zero-order valence-electron chi connectivity index (χ0n) is 13.2. The number of likely N-dealkylation sites (N-methyl/N-ethyl adjacent to an activating group) is 1. The van der Waals surface area contributed by atoms with E-state index in [1.807, 2.05) is 7.11 Å². The maximum atomic E-state index is 6.02. The van der Waals surface area contributed by atoms with Gasteiger partial charge in [-0.3, -0.25) is 0 Å². The Morgan fingerprint density at radius 2 is 1.26 bits per heavy atom. The Morgan fingerprint density at radius 3 is 1.68 bits per heavy atom. The number of rotatable bonds is 5. The van der Waals surface area contributed by atoms with Crippen LogP contribution in [0, 0.1) is 11.8 Å². The fourth-order valence-corrected chi connectivity index (χ4v) is 4.53. The molecule has 0 aliphatic heterocycles. The number of nitrogens with zero attached hydrogens (tertiary/aromatic N) is 1. The molecule has 0 aromatic heterocycles. The molecule has 2 rings (SSSR count). The second-order valence-electron chi connectivity index (χ2n) is 6.95. The molecule has 19 heavy (non-hydrogen) atoms. The third-order valence-corrected chi connectivity index (χ3v) is 5.45. The zero-order chi connectivity index (χ0) is 13.7. The first-order valence-corrected chi connectivity index (χ1v) is 8.43. The van der Waals surface area contributed by atoms with Crippen LogP contribution in [0.4, 0.5) is 0 Å². The predicted octanol–water partition coefficient (Wildman–Crippen LogP) is 4.09. The zero-order valence-corrected chi connectivity index (χ0v) is 13.2. The normalized spacial score (nSPS) is 26.5. The molecule has 112 valence electrons. The molecule has 0 saturated heterocycles. The molecule has 0 amide bonds. The lowest BCUT2D eigenvalue weighted by molar-refractivity contribution is -0.0449. The maximum Gasteiger partial charge on any atom is 0.0756 e. The molecule has 0 aromatic rings. The second-order valence-corrected chi connectivity index (χ2v) is 6.95. The highest BCUT2D eigenvalue weighted by molar-refractivity contribution is 4.90. The highest BCUT2D eigenvalue weighted by Gasteiger charge is 2.37. The molecule has 0 N–H and O–H groups in total. The van der Waals surface area contributed by atoms with Gasteiger partial charge in [0, 0.05) is 13.2 Å². The Morgan fingerprint density at radius 1 is 0.789 bits per heavy atom. The van der Waals surface area contributed by atoms with Crippen molar-refractivity contribution in [2.75, 3.05) is 21.2 Å². The topological polar surface area (TPSA) is 12.5 Å². The molecule has 0 heterocycles. The van der Waals surface area contributed by atoms with Crippen LogP contribution in [0.1, 0.15) is 64.2 Å². The van der Waals surface area contributed by atoms with Gasteiger partial charge in [-0.1, -0.05) is 38.5 Å². The van der Waals surface area contributed by atoms with Crippen LogP contribution in [0.25, 0.3) is 0 Å². The van der Waals surface area contributed by atoms with Gasteiger partial charge in [0.15, 0.2) is 0 Å². The van der Waals surface area contributed by atoms with Crippen molar-refractivity contribution in [2.24, 2.45) is 11.8 Å². The Hall–Kier alpha value is -0.0800. The van der Waals surface area contributed by atoms with Crippen LogP contribution in [-0.2, 0) is 4.74 Å². The summed E-state index contributed by atoms with van der Waals surface area (Å²) in [6.07, 6.45) is 14.6. The summed E-state index contributed by atoms with van der Waals surface area (Å²) in [5.41, 5.74) is 0. The molecule has 0 unspecified atom stereocenters. The summed E-state index contributed by atoms with van der Waals surface area (Å²) in [6.45, 7) is 0.